The highest BCUT2D eigenvalue weighted by Crippen LogP contribution is 2.34. The second-order valence-corrected chi connectivity index (χ2v) is 9.22. The monoisotopic (exact) mass is 524 g/mol. The largest absolute Gasteiger partial charge is 0.488 e. The van der Waals surface area contributed by atoms with Gasteiger partial charge in [0.2, 0.25) is 0 Å². The van der Waals surface area contributed by atoms with Gasteiger partial charge in [0.25, 0.3) is 5.91 Å². The van der Waals surface area contributed by atoms with Crippen LogP contribution in [-0.4, -0.2) is 50.4 Å². The number of hydrogen-bond donors (Lipinski definition) is 0. The van der Waals surface area contributed by atoms with Gasteiger partial charge in [0.15, 0.2) is 23.5 Å². The minimum absolute atomic E-state index is 0.0569. The lowest BCUT2D eigenvalue weighted by molar-refractivity contribution is -0.140. The molecule has 196 valence electrons. The van der Waals surface area contributed by atoms with Gasteiger partial charge in [-0.3, -0.25) is 4.79 Å². The summed E-state index contributed by atoms with van der Waals surface area (Å²) in [4.78, 5) is 27.7. The summed E-state index contributed by atoms with van der Waals surface area (Å²) in [6.45, 7) is 3.14. The molecular formula is C26H23F3N6O3. The lowest BCUT2D eigenvalue weighted by Crippen LogP contribution is -2.35. The molecule has 1 unspecified atom stereocenters. The van der Waals surface area contributed by atoms with E-state index in [1.54, 1.807) is 21.8 Å². The van der Waals surface area contributed by atoms with E-state index in [2.05, 4.69) is 20.1 Å². The van der Waals surface area contributed by atoms with Crippen LogP contribution in [-0.2, 0) is 10.9 Å². The number of pyridine rings is 1. The van der Waals surface area contributed by atoms with Gasteiger partial charge < -0.3 is 14.4 Å². The van der Waals surface area contributed by atoms with E-state index >= 15 is 0 Å². The Morgan fingerprint density at radius 3 is 2.66 bits per heavy atom. The van der Waals surface area contributed by atoms with Gasteiger partial charge >= 0.3 is 6.18 Å². The Hall–Kier alpha value is -4.06. The molecule has 1 fully saturated rings. The van der Waals surface area contributed by atoms with Gasteiger partial charge in [-0.15, -0.1) is 0 Å². The molecule has 1 atom stereocenters. The predicted molar refractivity (Wildman–Crippen MR) is 131 cm³/mol. The highest BCUT2D eigenvalue weighted by Gasteiger charge is 2.34. The lowest BCUT2D eigenvalue weighted by Gasteiger charge is -2.26. The lowest BCUT2D eigenvalue weighted by atomic mass is 10.1. The highest BCUT2D eigenvalue weighted by atomic mass is 19.4. The zero-order valence-corrected chi connectivity index (χ0v) is 20.4. The molecule has 1 saturated heterocycles. The van der Waals surface area contributed by atoms with E-state index in [9.17, 15) is 18.0 Å². The molecule has 2 aliphatic heterocycles. The number of aromatic nitrogens is 5. The predicted octanol–water partition coefficient (Wildman–Crippen LogP) is 4.95. The number of hydrogen-bond acceptors (Lipinski definition) is 7. The number of nitrogens with zero attached hydrogens (tertiary/aromatic N) is 6. The number of anilines is 1. The fraction of sp³-hybridized carbons (Fsp3) is 0.346. The maximum Gasteiger partial charge on any atom is 0.433 e. The van der Waals surface area contributed by atoms with Crippen LogP contribution in [0.4, 0.5) is 18.9 Å². The maximum absolute atomic E-state index is 13.7. The van der Waals surface area contributed by atoms with Crippen molar-refractivity contribution in [1.29, 1.82) is 0 Å². The second kappa shape index (κ2) is 9.35. The van der Waals surface area contributed by atoms with Crippen molar-refractivity contribution in [3.05, 3.63) is 59.7 Å². The Morgan fingerprint density at radius 1 is 1.03 bits per heavy atom. The van der Waals surface area contributed by atoms with Gasteiger partial charge in [0.05, 0.1) is 24.5 Å². The molecule has 12 heteroatoms. The maximum atomic E-state index is 13.7. The molecule has 0 spiro atoms. The normalized spacial score (nSPS) is 18.3. The van der Waals surface area contributed by atoms with Gasteiger partial charge in [0.1, 0.15) is 17.8 Å². The molecule has 6 rings (SSSR count). The third kappa shape index (κ3) is 4.34. The SMILES string of the molecule is Cc1cc(-c2ncc3nc(C(F)(F)F)ccc3n2)ccc1N1CCOc2cnn(C3CCCCO3)c2C1=O. The summed E-state index contributed by atoms with van der Waals surface area (Å²) in [7, 11) is 0. The van der Waals surface area contributed by atoms with Crippen molar-refractivity contribution < 1.29 is 27.4 Å². The topological polar surface area (TPSA) is 95.3 Å². The van der Waals surface area contributed by atoms with Gasteiger partial charge in [0, 0.05) is 17.9 Å². The first kappa shape index (κ1) is 24.3. The van der Waals surface area contributed by atoms with Crippen LogP contribution in [0.5, 0.6) is 5.75 Å². The Labute approximate surface area is 215 Å². The third-order valence-electron chi connectivity index (χ3n) is 6.68. The van der Waals surface area contributed by atoms with Gasteiger partial charge in [-0.25, -0.2) is 19.6 Å². The number of benzene rings is 1. The van der Waals surface area contributed by atoms with E-state index in [-0.39, 0.29) is 17.7 Å². The van der Waals surface area contributed by atoms with Crippen LogP contribution in [0.15, 0.2) is 42.7 Å². The van der Waals surface area contributed by atoms with Crippen molar-refractivity contribution in [3.8, 4) is 17.1 Å². The van der Waals surface area contributed by atoms with Crippen molar-refractivity contribution in [2.45, 2.75) is 38.6 Å². The molecule has 0 saturated carbocycles. The molecule has 0 N–H and O–H groups in total. The van der Waals surface area contributed by atoms with Crippen molar-refractivity contribution in [2.24, 2.45) is 0 Å². The number of ether oxygens (including phenoxy) is 2. The van der Waals surface area contributed by atoms with E-state index < -0.39 is 11.9 Å². The van der Waals surface area contributed by atoms with Crippen LogP contribution in [0.2, 0.25) is 0 Å². The van der Waals surface area contributed by atoms with E-state index in [0.29, 0.717) is 53.8 Å². The van der Waals surface area contributed by atoms with Gasteiger partial charge in [-0.2, -0.15) is 18.3 Å². The molecule has 0 aliphatic carbocycles. The summed E-state index contributed by atoms with van der Waals surface area (Å²) in [5.41, 5.74) is 1.89. The Morgan fingerprint density at radius 2 is 1.89 bits per heavy atom. The quantitative estimate of drug-likeness (QED) is 0.374. The van der Waals surface area contributed by atoms with Crippen molar-refractivity contribution in [1.82, 2.24) is 24.7 Å². The summed E-state index contributed by atoms with van der Waals surface area (Å²) in [6, 6.07) is 7.62. The Bertz CT molecular complexity index is 1530. The van der Waals surface area contributed by atoms with Crippen LogP contribution in [0.1, 0.15) is 47.2 Å². The van der Waals surface area contributed by atoms with Crippen LogP contribution in [0.25, 0.3) is 22.4 Å². The number of carbonyl (C=O) groups excluding carboxylic acids is 1. The smallest absolute Gasteiger partial charge is 0.433 e. The first-order chi connectivity index (χ1) is 18.3. The summed E-state index contributed by atoms with van der Waals surface area (Å²) in [6.07, 6.45) is 0.736. The van der Waals surface area contributed by atoms with E-state index in [0.717, 1.165) is 30.9 Å². The van der Waals surface area contributed by atoms with Crippen molar-refractivity contribution in [3.63, 3.8) is 0 Å². The van der Waals surface area contributed by atoms with Crippen LogP contribution >= 0.6 is 0 Å². The summed E-state index contributed by atoms with van der Waals surface area (Å²) in [5.74, 6) is 0.551. The first-order valence-corrected chi connectivity index (χ1v) is 12.3. The van der Waals surface area contributed by atoms with Crippen LogP contribution < -0.4 is 9.64 Å². The fourth-order valence-corrected chi connectivity index (χ4v) is 4.81. The van der Waals surface area contributed by atoms with Crippen LogP contribution in [0, 0.1) is 6.92 Å². The first-order valence-electron chi connectivity index (χ1n) is 12.3. The number of carbonyl (C=O) groups is 1. The number of halogens is 3. The average molecular weight is 525 g/mol. The molecule has 9 nitrogen and oxygen atoms in total. The number of amides is 1. The number of rotatable bonds is 3. The fourth-order valence-electron chi connectivity index (χ4n) is 4.81. The summed E-state index contributed by atoms with van der Waals surface area (Å²) < 4.78 is 52.3. The van der Waals surface area contributed by atoms with Crippen molar-refractivity contribution >= 4 is 22.6 Å². The molecule has 3 aromatic heterocycles. The highest BCUT2D eigenvalue weighted by molar-refractivity contribution is 6.07. The average Bonchev–Trinajstić information content (AvgIpc) is 3.27. The zero-order valence-electron chi connectivity index (χ0n) is 20.4. The minimum Gasteiger partial charge on any atom is -0.488 e. The van der Waals surface area contributed by atoms with Crippen LogP contribution in [0.3, 0.4) is 0 Å². The Kier molecular flexibility index (Phi) is 5.98. The molecule has 4 aromatic rings. The molecular weight excluding hydrogens is 501 g/mol. The second-order valence-electron chi connectivity index (χ2n) is 9.22. The minimum atomic E-state index is -4.54. The summed E-state index contributed by atoms with van der Waals surface area (Å²) in [5, 5.41) is 4.40. The molecule has 5 heterocycles. The van der Waals surface area contributed by atoms with Gasteiger partial charge in [-0.1, -0.05) is 0 Å². The molecule has 0 radical (unpaired) electrons. The molecule has 1 amide bonds. The molecule has 2 aliphatic rings. The standard InChI is InChI=1S/C26H23F3N6O3/c1-15-12-16(24-30-13-18-17(33-24)6-8-21(32-18)26(27,28)29)5-7-19(15)34-9-11-37-20-14-31-35(23(20)25(34)36)22-4-2-3-10-38-22/h5-8,12-14,22H,2-4,9-11H2,1H3. The summed E-state index contributed by atoms with van der Waals surface area (Å²) >= 11 is 0. The number of alkyl halides is 3. The van der Waals surface area contributed by atoms with Crippen molar-refractivity contribution in [2.75, 3.05) is 24.7 Å². The third-order valence-corrected chi connectivity index (χ3v) is 6.68. The zero-order chi connectivity index (χ0) is 26.4. The van der Waals surface area contributed by atoms with E-state index in [4.69, 9.17) is 9.47 Å². The van der Waals surface area contributed by atoms with E-state index in [1.165, 1.54) is 12.3 Å². The molecule has 38 heavy (non-hydrogen) atoms. The molecule has 1 aromatic carbocycles. The molecule has 0 bridgehead atoms. The van der Waals surface area contributed by atoms with E-state index in [1.807, 2.05) is 19.1 Å². The number of fused-ring (bicyclic) bond motifs is 2. The van der Waals surface area contributed by atoms with Gasteiger partial charge in [-0.05, 0) is 62.1 Å². The Balaban J connectivity index is 1.31. The number of aryl methyl sites for hydroxylation is 1.